The zero-order valence-corrected chi connectivity index (χ0v) is 8.10. The Morgan fingerprint density at radius 3 is 2.75 bits per heavy atom. The first kappa shape index (κ1) is 10.0. The van der Waals surface area contributed by atoms with Crippen molar-refractivity contribution in [1.29, 1.82) is 0 Å². The normalized spacial score (nSPS) is 30.5. The van der Waals surface area contributed by atoms with Crippen LogP contribution in [0.1, 0.15) is 45.4 Å². The average Bonchev–Trinajstić information content (AvgIpc) is 2.06. The van der Waals surface area contributed by atoms with E-state index in [1.54, 1.807) is 0 Å². The molecule has 1 aliphatic heterocycles. The van der Waals surface area contributed by atoms with Gasteiger partial charge in [-0.15, -0.1) is 0 Å². The third-order valence-corrected chi connectivity index (χ3v) is 2.84. The molecule has 0 aromatic heterocycles. The van der Waals surface area contributed by atoms with E-state index in [0.717, 1.165) is 12.8 Å². The van der Waals surface area contributed by atoms with E-state index in [2.05, 4.69) is 12.2 Å². The van der Waals surface area contributed by atoms with Gasteiger partial charge in [-0.2, -0.15) is 0 Å². The van der Waals surface area contributed by atoms with Gasteiger partial charge < -0.3 is 10.4 Å². The van der Waals surface area contributed by atoms with Gasteiger partial charge in [0.1, 0.15) is 0 Å². The monoisotopic (exact) mass is 171 g/mol. The van der Waals surface area contributed by atoms with Crippen molar-refractivity contribution in [3.05, 3.63) is 0 Å². The lowest BCUT2D eigenvalue weighted by molar-refractivity contribution is 0.235. The molecule has 0 bridgehead atoms. The summed E-state index contributed by atoms with van der Waals surface area (Å²) in [7, 11) is 0. The summed E-state index contributed by atoms with van der Waals surface area (Å²) in [5.74, 6) is 0. The molecule has 0 spiro atoms. The Balaban J connectivity index is 2.17. The lowest BCUT2D eigenvalue weighted by Gasteiger charge is -2.35. The van der Waals surface area contributed by atoms with E-state index in [1.165, 1.54) is 32.2 Å². The lowest BCUT2D eigenvalue weighted by Crippen LogP contribution is -2.45. The molecule has 1 aliphatic rings. The summed E-state index contributed by atoms with van der Waals surface area (Å²) in [6, 6.07) is 0. The number of hydrogen-bond acceptors (Lipinski definition) is 2. The van der Waals surface area contributed by atoms with Gasteiger partial charge in [0.2, 0.25) is 0 Å². The highest BCUT2D eigenvalue weighted by Gasteiger charge is 2.24. The standard InChI is InChI=1S/C10H21NO/c1-10(7-3-5-9-12)6-2-4-8-11-10/h11-12H,2-9H2,1H3. The van der Waals surface area contributed by atoms with Crippen LogP contribution < -0.4 is 5.32 Å². The first-order valence-corrected chi connectivity index (χ1v) is 5.13. The predicted molar refractivity (Wildman–Crippen MR) is 51.2 cm³/mol. The van der Waals surface area contributed by atoms with E-state index < -0.39 is 0 Å². The first-order chi connectivity index (χ1) is 5.77. The van der Waals surface area contributed by atoms with Crippen LogP contribution in [0.5, 0.6) is 0 Å². The molecule has 2 nitrogen and oxygen atoms in total. The minimum atomic E-state index is 0.343. The van der Waals surface area contributed by atoms with Crippen LogP contribution in [0.4, 0.5) is 0 Å². The number of piperidine rings is 1. The van der Waals surface area contributed by atoms with Gasteiger partial charge in [-0.05, 0) is 45.6 Å². The molecule has 0 saturated carbocycles. The number of aliphatic hydroxyl groups excluding tert-OH is 1. The highest BCUT2D eigenvalue weighted by atomic mass is 16.2. The molecule has 72 valence electrons. The molecule has 0 aromatic rings. The van der Waals surface area contributed by atoms with Crippen LogP contribution in [0, 0.1) is 0 Å². The predicted octanol–water partition coefficient (Wildman–Crippen LogP) is 1.68. The molecule has 1 saturated heterocycles. The Labute approximate surface area is 75.4 Å². The summed E-state index contributed by atoms with van der Waals surface area (Å²) >= 11 is 0. The molecule has 1 rings (SSSR count). The van der Waals surface area contributed by atoms with Crippen LogP contribution in [0.3, 0.4) is 0 Å². The third kappa shape index (κ3) is 3.11. The maximum absolute atomic E-state index is 8.66. The van der Waals surface area contributed by atoms with Gasteiger partial charge in [0.15, 0.2) is 0 Å². The van der Waals surface area contributed by atoms with Gasteiger partial charge >= 0.3 is 0 Å². The Morgan fingerprint density at radius 1 is 1.33 bits per heavy atom. The van der Waals surface area contributed by atoms with Crippen molar-refractivity contribution in [1.82, 2.24) is 5.32 Å². The van der Waals surface area contributed by atoms with Gasteiger partial charge in [-0.25, -0.2) is 0 Å². The van der Waals surface area contributed by atoms with Gasteiger partial charge in [0.05, 0.1) is 0 Å². The van der Waals surface area contributed by atoms with E-state index in [1.807, 2.05) is 0 Å². The third-order valence-electron chi connectivity index (χ3n) is 2.84. The molecule has 1 fully saturated rings. The van der Waals surface area contributed by atoms with Crippen molar-refractivity contribution in [2.75, 3.05) is 13.2 Å². The minimum Gasteiger partial charge on any atom is -0.396 e. The second-order valence-corrected chi connectivity index (χ2v) is 4.13. The minimum absolute atomic E-state index is 0.343. The molecule has 1 atom stereocenters. The Hall–Kier alpha value is -0.0800. The summed E-state index contributed by atoms with van der Waals surface area (Å²) in [5, 5.41) is 12.2. The molecule has 1 heterocycles. The van der Waals surface area contributed by atoms with Crippen molar-refractivity contribution in [2.45, 2.75) is 51.0 Å². The smallest absolute Gasteiger partial charge is 0.0431 e. The van der Waals surface area contributed by atoms with Crippen molar-refractivity contribution in [3.8, 4) is 0 Å². The highest BCUT2D eigenvalue weighted by molar-refractivity contribution is 4.85. The summed E-state index contributed by atoms with van der Waals surface area (Å²) in [6.45, 7) is 3.83. The van der Waals surface area contributed by atoms with Crippen LogP contribution in [-0.2, 0) is 0 Å². The van der Waals surface area contributed by atoms with Gasteiger partial charge in [0, 0.05) is 12.1 Å². The zero-order valence-electron chi connectivity index (χ0n) is 8.10. The summed E-state index contributed by atoms with van der Waals surface area (Å²) in [5.41, 5.74) is 0.368. The molecule has 1 unspecified atom stereocenters. The zero-order chi connectivity index (χ0) is 8.86. The molecule has 0 aromatic carbocycles. The van der Waals surface area contributed by atoms with Crippen molar-refractivity contribution in [2.24, 2.45) is 0 Å². The second-order valence-electron chi connectivity index (χ2n) is 4.13. The Bertz CT molecular complexity index is 119. The molecule has 2 heteroatoms. The van der Waals surface area contributed by atoms with Crippen LogP contribution in [0.2, 0.25) is 0 Å². The van der Waals surface area contributed by atoms with Crippen LogP contribution in [-0.4, -0.2) is 23.8 Å². The van der Waals surface area contributed by atoms with E-state index in [4.69, 9.17) is 5.11 Å². The SMILES string of the molecule is CC1(CCCCO)CCCCN1. The maximum Gasteiger partial charge on any atom is 0.0431 e. The van der Waals surface area contributed by atoms with Crippen molar-refractivity contribution in [3.63, 3.8) is 0 Å². The summed E-state index contributed by atoms with van der Waals surface area (Å²) < 4.78 is 0. The largest absolute Gasteiger partial charge is 0.396 e. The van der Waals surface area contributed by atoms with E-state index >= 15 is 0 Å². The summed E-state index contributed by atoms with van der Waals surface area (Å²) in [4.78, 5) is 0. The average molecular weight is 171 g/mol. The molecule has 2 N–H and O–H groups in total. The molecular formula is C10H21NO. The summed E-state index contributed by atoms with van der Waals surface area (Å²) in [6.07, 6.45) is 7.32. The van der Waals surface area contributed by atoms with Crippen LogP contribution >= 0.6 is 0 Å². The number of hydrogen-bond donors (Lipinski definition) is 2. The van der Waals surface area contributed by atoms with Crippen LogP contribution in [0.15, 0.2) is 0 Å². The quantitative estimate of drug-likeness (QED) is 0.631. The highest BCUT2D eigenvalue weighted by Crippen LogP contribution is 2.23. The molecule has 0 aliphatic carbocycles. The fourth-order valence-electron chi connectivity index (χ4n) is 1.96. The number of nitrogens with one attached hydrogen (secondary N) is 1. The topological polar surface area (TPSA) is 32.3 Å². The Kier molecular flexibility index (Phi) is 4.02. The molecular weight excluding hydrogens is 150 g/mol. The first-order valence-electron chi connectivity index (χ1n) is 5.13. The maximum atomic E-state index is 8.66. The fraction of sp³-hybridized carbons (Fsp3) is 1.00. The lowest BCUT2D eigenvalue weighted by atomic mass is 9.86. The van der Waals surface area contributed by atoms with E-state index in [9.17, 15) is 0 Å². The van der Waals surface area contributed by atoms with Crippen LogP contribution in [0.25, 0.3) is 0 Å². The molecule has 0 radical (unpaired) electrons. The molecule has 0 amide bonds. The van der Waals surface area contributed by atoms with E-state index in [-0.39, 0.29) is 0 Å². The van der Waals surface area contributed by atoms with Gasteiger partial charge in [0.25, 0.3) is 0 Å². The van der Waals surface area contributed by atoms with Crippen molar-refractivity contribution < 1.29 is 5.11 Å². The Morgan fingerprint density at radius 2 is 2.17 bits per heavy atom. The number of unbranched alkanes of at least 4 members (excludes halogenated alkanes) is 1. The fourth-order valence-corrected chi connectivity index (χ4v) is 1.96. The molecule has 12 heavy (non-hydrogen) atoms. The van der Waals surface area contributed by atoms with E-state index in [0.29, 0.717) is 12.1 Å². The number of aliphatic hydroxyl groups is 1. The van der Waals surface area contributed by atoms with Crippen molar-refractivity contribution >= 4 is 0 Å². The van der Waals surface area contributed by atoms with Gasteiger partial charge in [-0.3, -0.25) is 0 Å². The second kappa shape index (κ2) is 4.83. The number of rotatable bonds is 4. The van der Waals surface area contributed by atoms with Gasteiger partial charge in [-0.1, -0.05) is 6.42 Å².